The second-order valence-electron chi connectivity index (χ2n) is 11.9. The molecule has 0 saturated heterocycles. The number of nitriles is 1. The van der Waals surface area contributed by atoms with Gasteiger partial charge in [0.05, 0.1) is 11.1 Å². The van der Waals surface area contributed by atoms with Crippen molar-refractivity contribution in [1.29, 1.82) is 5.26 Å². The average molecular weight is 516 g/mol. The van der Waals surface area contributed by atoms with E-state index in [0.29, 0.717) is 28.7 Å². The fraction of sp³-hybridized carbons (Fsp3) is 0.600. The predicted octanol–water partition coefficient (Wildman–Crippen LogP) is 10.2. The molecule has 0 atom stereocenters. The van der Waals surface area contributed by atoms with E-state index < -0.39 is 5.97 Å². The number of rotatable bonds is 15. The summed E-state index contributed by atoms with van der Waals surface area (Å²) < 4.78 is 5.62. The Morgan fingerprint density at radius 1 is 0.921 bits per heavy atom. The molecule has 1 aliphatic carbocycles. The molecule has 3 rings (SSSR count). The normalized spacial score (nSPS) is 17.3. The molecule has 38 heavy (non-hydrogen) atoms. The molecule has 0 aliphatic heterocycles. The predicted molar refractivity (Wildman–Crippen MR) is 158 cm³/mol. The highest BCUT2D eigenvalue weighted by molar-refractivity contribution is 5.91. The van der Waals surface area contributed by atoms with E-state index in [1.807, 2.05) is 24.3 Å². The molecule has 2 aromatic rings. The molecule has 3 nitrogen and oxygen atoms in total. The molecule has 1 aliphatic rings. The largest absolute Gasteiger partial charge is 0.422 e. The maximum Gasteiger partial charge on any atom is 0.343 e. The summed E-state index contributed by atoms with van der Waals surface area (Å²) in [6, 6.07) is 15.7. The first kappa shape index (κ1) is 29.9. The molecule has 1 fully saturated rings. The lowest BCUT2D eigenvalue weighted by Gasteiger charge is -2.29. The Labute approximate surface area is 232 Å². The van der Waals surface area contributed by atoms with Crippen molar-refractivity contribution in [2.45, 2.75) is 123 Å². The lowest BCUT2D eigenvalue weighted by molar-refractivity contribution is 0.0734. The van der Waals surface area contributed by atoms with Gasteiger partial charge in [-0.2, -0.15) is 5.26 Å². The Balaban J connectivity index is 1.42. The zero-order valence-electron chi connectivity index (χ0n) is 24.1. The van der Waals surface area contributed by atoms with Crippen molar-refractivity contribution in [3.8, 4) is 11.8 Å². The Hall–Kier alpha value is -2.60. The smallest absolute Gasteiger partial charge is 0.343 e. The van der Waals surface area contributed by atoms with E-state index in [0.717, 1.165) is 24.3 Å². The number of carbonyl (C=O) groups is 1. The molecule has 3 heteroatoms. The number of nitrogens with zero attached hydrogens (tertiary/aromatic N) is 1. The SMILES string of the molecule is CCCCCCCCCCC1CCC(c2ccc(C(=O)Oc3ccc(CCC(C)C)cc3C#N)cc2)CC1. The number of carbonyl (C=O) groups excluding carboxylic acids is 1. The highest BCUT2D eigenvalue weighted by Crippen LogP contribution is 2.38. The van der Waals surface area contributed by atoms with Crippen LogP contribution in [0.4, 0.5) is 0 Å². The highest BCUT2D eigenvalue weighted by Gasteiger charge is 2.22. The topological polar surface area (TPSA) is 50.1 Å². The minimum atomic E-state index is -0.406. The van der Waals surface area contributed by atoms with Gasteiger partial charge in [0.15, 0.2) is 0 Å². The summed E-state index contributed by atoms with van der Waals surface area (Å²) in [5.74, 6) is 2.03. The Morgan fingerprint density at radius 3 is 2.21 bits per heavy atom. The van der Waals surface area contributed by atoms with Crippen molar-refractivity contribution in [2.75, 3.05) is 0 Å². The Kier molecular flexibility index (Phi) is 12.9. The maximum atomic E-state index is 12.8. The van der Waals surface area contributed by atoms with Crippen molar-refractivity contribution in [1.82, 2.24) is 0 Å². The molecule has 1 saturated carbocycles. The van der Waals surface area contributed by atoms with E-state index in [2.05, 4.69) is 39.0 Å². The van der Waals surface area contributed by atoms with Crippen LogP contribution in [0.1, 0.15) is 144 Å². The zero-order chi connectivity index (χ0) is 27.2. The van der Waals surface area contributed by atoms with Gasteiger partial charge in [-0.25, -0.2) is 4.79 Å². The molecule has 0 N–H and O–H groups in total. The quantitative estimate of drug-likeness (QED) is 0.135. The van der Waals surface area contributed by atoms with Crippen LogP contribution in [0.2, 0.25) is 0 Å². The summed E-state index contributed by atoms with van der Waals surface area (Å²) in [6.45, 7) is 6.66. The van der Waals surface area contributed by atoms with E-state index in [-0.39, 0.29) is 0 Å². The standard InChI is InChI=1S/C35H49NO2/c1-4-5-6-7-8-9-10-11-12-28-15-18-30(19-16-28)31-20-22-32(23-21-31)35(37)38-34-24-17-29(14-13-27(2)3)25-33(34)26-36/h17,20-25,27-28,30H,4-16,18-19H2,1-3H3. The van der Waals surface area contributed by atoms with Crippen LogP contribution in [0.15, 0.2) is 42.5 Å². The van der Waals surface area contributed by atoms with Crippen LogP contribution in [0.3, 0.4) is 0 Å². The van der Waals surface area contributed by atoms with Gasteiger partial charge in [0, 0.05) is 0 Å². The number of hydrogen-bond acceptors (Lipinski definition) is 3. The van der Waals surface area contributed by atoms with Crippen LogP contribution in [0, 0.1) is 23.2 Å². The number of hydrogen-bond donors (Lipinski definition) is 0. The number of aryl methyl sites for hydroxylation is 1. The van der Waals surface area contributed by atoms with E-state index in [1.54, 1.807) is 6.07 Å². The third-order valence-electron chi connectivity index (χ3n) is 8.31. The van der Waals surface area contributed by atoms with E-state index in [9.17, 15) is 10.1 Å². The Bertz CT molecular complexity index is 1010. The van der Waals surface area contributed by atoms with Gasteiger partial charge in [-0.3, -0.25) is 0 Å². The van der Waals surface area contributed by atoms with E-state index in [1.165, 1.54) is 89.0 Å². The minimum absolute atomic E-state index is 0.338. The minimum Gasteiger partial charge on any atom is -0.422 e. The second kappa shape index (κ2) is 16.4. The van der Waals surface area contributed by atoms with Gasteiger partial charge >= 0.3 is 5.97 Å². The first-order valence-electron chi connectivity index (χ1n) is 15.3. The Morgan fingerprint density at radius 2 is 1.58 bits per heavy atom. The van der Waals surface area contributed by atoms with Gasteiger partial charge in [0.2, 0.25) is 0 Å². The van der Waals surface area contributed by atoms with E-state index >= 15 is 0 Å². The summed E-state index contributed by atoms with van der Waals surface area (Å²) in [5.41, 5.74) is 3.39. The van der Waals surface area contributed by atoms with Crippen LogP contribution in [0.25, 0.3) is 0 Å². The third-order valence-corrected chi connectivity index (χ3v) is 8.31. The molecule has 0 unspecified atom stereocenters. The van der Waals surface area contributed by atoms with Crippen molar-refractivity contribution >= 4 is 5.97 Å². The molecule has 0 spiro atoms. The molecule has 206 valence electrons. The van der Waals surface area contributed by atoms with Gasteiger partial charge in [0.25, 0.3) is 0 Å². The summed E-state index contributed by atoms with van der Waals surface area (Å²) in [5, 5.41) is 9.57. The molecule has 0 heterocycles. The lowest BCUT2D eigenvalue weighted by atomic mass is 9.77. The van der Waals surface area contributed by atoms with Crippen LogP contribution >= 0.6 is 0 Å². The number of unbranched alkanes of at least 4 members (excludes halogenated alkanes) is 7. The molecule has 0 radical (unpaired) electrons. The average Bonchev–Trinajstić information content (AvgIpc) is 2.94. The fourth-order valence-corrected chi connectivity index (χ4v) is 5.77. The van der Waals surface area contributed by atoms with Gasteiger partial charge in [-0.1, -0.05) is 96.8 Å². The van der Waals surface area contributed by atoms with Gasteiger partial charge < -0.3 is 4.74 Å². The zero-order valence-corrected chi connectivity index (χ0v) is 24.1. The summed E-state index contributed by atoms with van der Waals surface area (Å²) in [4.78, 5) is 12.8. The van der Waals surface area contributed by atoms with Crippen molar-refractivity contribution < 1.29 is 9.53 Å². The van der Waals surface area contributed by atoms with Crippen LogP contribution in [-0.2, 0) is 6.42 Å². The van der Waals surface area contributed by atoms with E-state index in [4.69, 9.17) is 4.74 Å². The van der Waals surface area contributed by atoms with Crippen LogP contribution in [-0.4, -0.2) is 5.97 Å². The third kappa shape index (κ3) is 9.94. The van der Waals surface area contributed by atoms with Gasteiger partial charge in [-0.05, 0) is 91.7 Å². The monoisotopic (exact) mass is 515 g/mol. The van der Waals surface area contributed by atoms with Crippen molar-refractivity contribution in [3.63, 3.8) is 0 Å². The first-order valence-corrected chi connectivity index (χ1v) is 15.3. The number of benzene rings is 2. The van der Waals surface area contributed by atoms with Crippen LogP contribution in [0.5, 0.6) is 5.75 Å². The maximum absolute atomic E-state index is 12.8. The summed E-state index contributed by atoms with van der Waals surface area (Å²) >= 11 is 0. The van der Waals surface area contributed by atoms with Crippen LogP contribution < -0.4 is 4.74 Å². The molecule has 0 bridgehead atoms. The molecule has 0 aromatic heterocycles. The molecular formula is C35H49NO2. The highest BCUT2D eigenvalue weighted by atomic mass is 16.5. The van der Waals surface area contributed by atoms with Crippen molar-refractivity contribution in [3.05, 3.63) is 64.7 Å². The molecular weight excluding hydrogens is 466 g/mol. The van der Waals surface area contributed by atoms with Gasteiger partial charge in [0.1, 0.15) is 11.8 Å². The molecule has 2 aromatic carbocycles. The van der Waals surface area contributed by atoms with Crippen molar-refractivity contribution in [2.24, 2.45) is 11.8 Å². The lowest BCUT2D eigenvalue weighted by Crippen LogP contribution is -2.14. The summed E-state index contributed by atoms with van der Waals surface area (Å²) in [6.07, 6.45) is 19.7. The number of ether oxygens (including phenoxy) is 1. The first-order chi connectivity index (χ1) is 18.5. The molecule has 0 amide bonds. The number of esters is 1. The van der Waals surface area contributed by atoms with Gasteiger partial charge in [-0.15, -0.1) is 0 Å². The second-order valence-corrected chi connectivity index (χ2v) is 11.9. The summed E-state index contributed by atoms with van der Waals surface area (Å²) in [7, 11) is 0. The fourth-order valence-electron chi connectivity index (χ4n) is 5.77.